The molecule has 0 bridgehead atoms. The average molecular weight is 471 g/mol. The molecule has 0 radical (unpaired) electrons. The standard InChI is InChI=1S/C23H26N4O5S/c1-31-14-5-9-27-21(29)17-6-2-3-7-18(17)24-23(27)33-16-20(28)25-10-12-26(13-11-25)22(30)19-8-4-15-32-19/h2-4,6-8,15H,5,9-14,16H2,1H3. The van der Waals surface area contributed by atoms with Crippen molar-refractivity contribution in [2.24, 2.45) is 0 Å². The Morgan fingerprint density at radius 3 is 2.58 bits per heavy atom. The van der Waals surface area contributed by atoms with Gasteiger partial charge in [-0.1, -0.05) is 23.9 Å². The number of carbonyl (C=O) groups excluding carboxylic acids is 2. The molecule has 0 unspecified atom stereocenters. The maximum atomic E-state index is 13.0. The first-order valence-electron chi connectivity index (χ1n) is 10.8. The highest BCUT2D eigenvalue weighted by atomic mass is 32.2. The second-order valence-corrected chi connectivity index (χ2v) is 8.60. The normalized spacial score (nSPS) is 14.1. The van der Waals surface area contributed by atoms with Crippen molar-refractivity contribution in [3.8, 4) is 0 Å². The number of piperazine rings is 1. The topological polar surface area (TPSA) is 97.9 Å². The minimum absolute atomic E-state index is 0.0454. The highest BCUT2D eigenvalue weighted by Crippen LogP contribution is 2.19. The van der Waals surface area contributed by atoms with E-state index >= 15 is 0 Å². The molecule has 0 spiro atoms. The van der Waals surface area contributed by atoms with Gasteiger partial charge in [0.1, 0.15) is 0 Å². The number of rotatable bonds is 8. The number of methoxy groups -OCH3 is 1. The van der Waals surface area contributed by atoms with Gasteiger partial charge < -0.3 is 19.0 Å². The highest BCUT2D eigenvalue weighted by molar-refractivity contribution is 7.99. The number of aromatic nitrogens is 2. The summed E-state index contributed by atoms with van der Waals surface area (Å²) in [6.45, 7) is 2.81. The Kier molecular flexibility index (Phi) is 7.46. The maximum Gasteiger partial charge on any atom is 0.289 e. The quantitative estimate of drug-likeness (QED) is 0.282. The summed E-state index contributed by atoms with van der Waals surface area (Å²) in [6, 6.07) is 10.5. The van der Waals surface area contributed by atoms with E-state index in [2.05, 4.69) is 4.98 Å². The van der Waals surface area contributed by atoms with Gasteiger partial charge >= 0.3 is 0 Å². The molecule has 1 aromatic carbocycles. The van der Waals surface area contributed by atoms with E-state index < -0.39 is 0 Å². The summed E-state index contributed by atoms with van der Waals surface area (Å²) in [5, 5.41) is 1.08. The number of thioether (sulfide) groups is 1. The molecule has 4 rings (SSSR count). The molecule has 2 aromatic heterocycles. The molecule has 33 heavy (non-hydrogen) atoms. The number of carbonyl (C=O) groups is 2. The lowest BCUT2D eigenvalue weighted by Gasteiger charge is -2.34. The fraction of sp³-hybridized carbons (Fsp3) is 0.391. The van der Waals surface area contributed by atoms with Gasteiger partial charge in [0.25, 0.3) is 11.5 Å². The molecule has 174 valence electrons. The van der Waals surface area contributed by atoms with Gasteiger partial charge in [-0.05, 0) is 30.7 Å². The fourth-order valence-corrected chi connectivity index (χ4v) is 4.68. The van der Waals surface area contributed by atoms with Crippen molar-refractivity contribution in [3.63, 3.8) is 0 Å². The van der Waals surface area contributed by atoms with E-state index in [4.69, 9.17) is 9.15 Å². The molecule has 0 N–H and O–H groups in total. The van der Waals surface area contributed by atoms with Crippen molar-refractivity contribution in [1.29, 1.82) is 0 Å². The van der Waals surface area contributed by atoms with E-state index in [1.54, 1.807) is 45.7 Å². The maximum absolute atomic E-state index is 13.0. The van der Waals surface area contributed by atoms with E-state index in [-0.39, 0.29) is 23.1 Å². The molecule has 0 aliphatic carbocycles. The third kappa shape index (κ3) is 5.28. The molecule has 1 aliphatic rings. The average Bonchev–Trinajstić information content (AvgIpc) is 3.39. The SMILES string of the molecule is COCCCn1c(SCC(=O)N2CCN(C(=O)c3ccco3)CC2)nc2ccccc2c1=O. The Hall–Kier alpha value is -3.11. The first kappa shape index (κ1) is 23.1. The fourth-order valence-electron chi connectivity index (χ4n) is 3.75. The van der Waals surface area contributed by atoms with Crippen molar-refractivity contribution >= 4 is 34.5 Å². The molecular formula is C23H26N4O5S. The van der Waals surface area contributed by atoms with Gasteiger partial charge in [0.05, 0.1) is 22.9 Å². The van der Waals surface area contributed by atoms with Crippen LogP contribution in [0.3, 0.4) is 0 Å². The van der Waals surface area contributed by atoms with E-state index in [1.807, 2.05) is 12.1 Å². The lowest BCUT2D eigenvalue weighted by Crippen LogP contribution is -2.51. The first-order valence-corrected chi connectivity index (χ1v) is 11.8. The minimum atomic E-state index is -0.165. The van der Waals surface area contributed by atoms with Crippen LogP contribution in [0.5, 0.6) is 0 Å². The summed E-state index contributed by atoms with van der Waals surface area (Å²) in [5.74, 6) is 0.262. The Morgan fingerprint density at radius 1 is 1.09 bits per heavy atom. The molecule has 1 fully saturated rings. The van der Waals surface area contributed by atoms with Gasteiger partial charge in [-0.2, -0.15) is 0 Å². The Labute approximate surface area is 195 Å². The zero-order valence-corrected chi connectivity index (χ0v) is 19.3. The molecule has 10 heteroatoms. The molecule has 3 heterocycles. The lowest BCUT2D eigenvalue weighted by molar-refractivity contribution is -0.129. The lowest BCUT2D eigenvalue weighted by atomic mass is 10.2. The van der Waals surface area contributed by atoms with Gasteiger partial charge in [-0.15, -0.1) is 0 Å². The molecule has 1 aliphatic heterocycles. The Bertz CT molecular complexity index is 1170. The first-order chi connectivity index (χ1) is 16.1. The molecule has 3 aromatic rings. The smallest absolute Gasteiger partial charge is 0.289 e. The summed E-state index contributed by atoms with van der Waals surface area (Å²) in [5.41, 5.74) is 0.502. The van der Waals surface area contributed by atoms with Crippen LogP contribution in [0.15, 0.2) is 57.0 Å². The molecule has 0 saturated carbocycles. The van der Waals surface area contributed by atoms with Gasteiger partial charge in [0.2, 0.25) is 5.91 Å². The minimum Gasteiger partial charge on any atom is -0.459 e. The number of para-hydroxylation sites is 1. The number of hydrogen-bond donors (Lipinski definition) is 0. The van der Waals surface area contributed by atoms with Crippen molar-refractivity contribution in [2.75, 3.05) is 45.6 Å². The summed E-state index contributed by atoms with van der Waals surface area (Å²) in [4.78, 5) is 46.3. The van der Waals surface area contributed by atoms with Crippen LogP contribution in [0.4, 0.5) is 0 Å². The van der Waals surface area contributed by atoms with E-state index in [1.165, 1.54) is 18.0 Å². The monoisotopic (exact) mass is 470 g/mol. The van der Waals surface area contributed by atoms with Crippen LogP contribution in [0, 0.1) is 0 Å². The van der Waals surface area contributed by atoms with E-state index in [0.717, 1.165) is 0 Å². The van der Waals surface area contributed by atoms with Crippen LogP contribution in [0.25, 0.3) is 10.9 Å². The Morgan fingerprint density at radius 2 is 1.85 bits per heavy atom. The molecular weight excluding hydrogens is 444 g/mol. The molecule has 1 saturated heterocycles. The number of nitrogens with zero attached hydrogens (tertiary/aromatic N) is 4. The number of amides is 2. The largest absolute Gasteiger partial charge is 0.459 e. The van der Waals surface area contributed by atoms with Crippen LogP contribution >= 0.6 is 11.8 Å². The number of furan rings is 1. The van der Waals surface area contributed by atoms with Gasteiger partial charge in [0, 0.05) is 46.4 Å². The van der Waals surface area contributed by atoms with Crippen LogP contribution in [0.2, 0.25) is 0 Å². The summed E-state index contributed by atoms with van der Waals surface area (Å²) >= 11 is 1.27. The van der Waals surface area contributed by atoms with Crippen LogP contribution in [-0.2, 0) is 16.1 Å². The summed E-state index contributed by atoms with van der Waals surface area (Å²) in [6.07, 6.45) is 2.14. The van der Waals surface area contributed by atoms with Gasteiger partial charge in [-0.25, -0.2) is 4.98 Å². The van der Waals surface area contributed by atoms with E-state index in [0.29, 0.717) is 67.6 Å². The van der Waals surface area contributed by atoms with Crippen LogP contribution < -0.4 is 5.56 Å². The van der Waals surface area contributed by atoms with Gasteiger partial charge in [0.15, 0.2) is 10.9 Å². The summed E-state index contributed by atoms with van der Waals surface area (Å²) < 4.78 is 11.9. The van der Waals surface area contributed by atoms with Crippen molar-refractivity contribution in [2.45, 2.75) is 18.1 Å². The van der Waals surface area contributed by atoms with Crippen molar-refractivity contribution < 1.29 is 18.7 Å². The van der Waals surface area contributed by atoms with Crippen molar-refractivity contribution in [1.82, 2.24) is 19.4 Å². The van der Waals surface area contributed by atoms with Crippen LogP contribution in [0.1, 0.15) is 17.0 Å². The zero-order chi connectivity index (χ0) is 23.2. The predicted molar refractivity (Wildman–Crippen MR) is 124 cm³/mol. The van der Waals surface area contributed by atoms with Gasteiger partial charge in [-0.3, -0.25) is 19.0 Å². The third-order valence-electron chi connectivity index (χ3n) is 5.53. The second kappa shape index (κ2) is 10.7. The molecule has 0 atom stereocenters. The highest BCUT2D eigenvalue weighted by Gasteiger charge is 2.26. The van der Waals surface area contributed by atoms with Crippen LogP contribution in [-0.4, -0.2) is 76.8 Å². The zero-order valence-electron chi connectivity index (χ0n) is 18.4. The van der Waals surface area contributed by atoms with Crippen molar-refractivity contribution in [3.05, 3.63) is 58.8 Å². The second-order valence-electron chi connectivity index (χ2n) is 7.65. The number of hydrogen-bond acceptors (Lipinski definition) is 7. The number of fused-ring (bicyclic) bond motifs is 1. The third-order valence-corrected chi connectivity index (χ3v) is 6.49. The Balaban J connectivity index is 1.40. The predicted octanol–water partition coefficient (Wildman–Crippen LogP) is 2.10. The number of ether oxygens (including phenoxy) is 1. The number of benzene rings is 1. The summed E-state index contributed by atoms with van der Waals surface area (Å²) in [7, 11) is 1.62. The molecule has 2 amide bonds. The van der Waals surface area contributed by atoms with E-state index in [9.17, 15) is 14.4 Å². The molecule has 9 nitrogen and oxygen atoms in total.